The molecule has 0 rings (SSSR count). The first-order valence-electron chi connectivity index (χ1n) is 11.9. The molecule has 154 valence electrons. The van der Waals surface area contributed by atoms with Crippen molar-refractivity contribution in [1.29, 1.82) is 0 Å². The van der Waals surface area contributed by atoms with Gasteiger partial charge in [0.05, 0.1) is 0 Å². The Morgan fingerprint density at radius 3 is 0.760 bits per heavy atom. The molecule has 0 aromatic rings. The molecule has 0 saturated carbocycles. The summed E-state index contributed by atoms with van der Waals surface area (Å²) in [7, 11) is 0. The van der Waals surface area contributed by atoms with Crippen molar-refractivity contribution in [3.63, 3.8) is 0 Å². The van der Waals surface area contributed by atoms with Crippen LogP contribution in [0.5, 0.6) is 0 Å². The fourth-order valence-electron chi connectivity index (χ4n) is 2.44. The molecule has 0 aliphatic carbocycles. The first kappa shape index (κ1) is 30.5. The molecule has 0 saturated heterocycles. The van der Waals surface area contributed by atoms with Crippen LogP contribution < -0.4 is 0 Å². The molecule has 0 aliphatic rings. The molecule has 1 heteroatoms. The summed E-state index contributed by atoms with van der Waals surface area (Å²) in [6.07, 6.45) is 22.8. The van der Waals surface area contributed by atoms with Crippen molar-refractivity contribution < 1.29 is 0 Å². The van der Waals surface area contributed by atoms with Crippen molar-refractivity contribution >= 4 is 21.1 Å². The zero-order valence-electron chi connectivity index (χ0n) is 19.2. The van der Waals surface area contributed by atoms with Crippen LogP contribution in [-0.4, -0.2) is 21.1 Å². The van der Waals surface area contributed by atoms with Gasteiger partial charge in [-0.05, 0) is 0 Å². The van der Waals surface area contributed by atoms with E-state index in [4.69, 9.17) is 0 Å². The molecule has 0 atom stereocenters. The molecule has 0 aliphatic heterocycles. The average Bonchev–Trinajstić information content (AvgIpc) is 2.64. The molecule has 0 bridgehead atoms. The summed E-state index contributed by atoms with van der Waals surface area (Å²) in [5.41, 5.74) is 0. The third-order valence-corrected chi connectivity index (χ3v) is 8.36. The Morgan fingerprint density at radius 1 is 0.320 bits per heavy atom. The van der Waals surface area contributed by atoms with Gasteiger partial charge in [-0.2, -0.15) is 0 Å². The third kappa shape index (κ3) is 45.7. The van der Waals surface area contributed by atoms with E-state index in [9.17, 15) is 0 Å². The van der Waals surface area contributed by atoms with E-state index in [-0.39, 0.29) is 21.1 Å². The maximum absolute atomic E-state index is 2.29. The molecule has 0 spiro atoms. The maximum atomic E-state index is 2.29. The van der Waals surface area contributed by atoms with E-state index in [0.717, 1.165) is 0 Å². The molecule has 25 heavy (non-hydrogen) atoms. The summed E-state index contributed by atoms with van der Waals surface area (Å²) in [6.45, 7) is 13.6. The summed E-state index contributed by atoms with van der Waals surface area (Å²) in [4.78, 5) is 0. The van der Waals surface area contributed by atoms with Crippen molar-refractivity contribution in [2.24, 2.45) is 0 Å². The average molecular weight is 461 g/mol. The summed E-state index contributed by atoms with van der Waals surface area (Å²) >= 11 is 0.149. The molecule has 0 heterocycles. The Balaban J connectivity index is -0.000000291. The van der Waals surface area contributed by atoms with Gasteiger partial charge >= 0.3 is 69.5 Å². The van der Waals surface area contributed by atoms with E-state index in [0.29, 0.717) is 0 Å². The predicted molar refractivity (Wildman–Crippen MR) is 123 cm³/mol. The Morgan fingerprint density at radius 2 is 0.560 bits per heavy atom. The van der Waals surface area contributed by atoms with Gasteiger partial charge in [-0.3, -0.25) is 0 Å². The molecule has 0 aromatic heterocycles. The molecular weight excluding hydrogens is 407 g/mol. The monoisotopic (exact) mass is 462 g/mol. The molecule has 0 amide bonds. The second-order valence-corrected chi connectivity index (χ2v) is 11.6. The van der Waals surface area contributed by atoms with Crippen molar-refractivity contribution in [3.8, 4) is 0 Å². The van der Waals surface area contributed by atoms with E-state index in [1.165, 1.54) is 103 Å². The first-order chi connectivity index (χ1) is 12.2. The van der Waals surface area contributed by atoms with E-state index < -0.39 is 0 Å². The molecule has 2 radical (unpaired) electrons. The van der Waals surface area contributed by atoms with Gasteiger partial charge in [0.2, 0.25) is 0 Å². The number of rotatable bonds is 16. The first-order valence-corrected chi connectivity index (χ1v) is 16.0. The van der Waals surface area contributed by atoms with Crippen LogP contribution in [0.25, 0.3) is 0 Å². The molecular formula is C24H54Sn. The van der Waals surface area contributed by atoms with Gasteiger partial charge in [-0.1, -0.05) is 105 Å². The SMILES string of the molecule is CCCCCCCC.CCCCCCCC.CCC[CH2][Sn][CH2]CCC. The topological polar surface area (TPSA) is 0 Å². The standard InChI is InChI=1S/2C8H18.2C4H9.Sn/c2*1-3-5-7-8-6-4-2;2*1-3-4-2;/h2*3-8H2,1-2H3;2*1,3-4H2,2H3;. The van der Waals surface area contributed by atoms with Crippen LogP contribution in [0.2, 0.25) is 8.87 Å². The van der Waals surface area contributed by atoms with Crippen LogP contribution >= 0.6 is 0 Å². The zero-order valence-corrected chi connectivity index (χ0v) is 22.1. The molecule has 0 nitrogen and oxygen atoms in total. The second-order valence-electron chi connectivity index (χ2n) is 7.29. The summed E-state index contributed by atoms with van der Waals surface area (Å²) in [5.74, 6) is 0. The Hall–Kier alpha value is 0.799. The van der Waals surface area contributed by atoms with Crippen molar-refractivity contribution in [1.82, 2.24) is 0 Å². The predicted octanol–water partition coefficient (Wildman–Crippen LogP) is 9.86. The van der Waals surface area contributed by atoms with Crippen molar-refractivity contribution in [2.75, 3.05) is 0 Å². The minimum absolute atomic E-state index is 0.149. The van der Waals surface area contributed by atoms with Gasteiger partial charge in [0, 0.05) is 0 Å². The number of hydrogen-bond acceptors (Lipinski definition) is 0. The van der Waals surface area contributed by atoms with Crippen molar-refractivity contribution in [3.05, 3.63) is 0 Å². The van der Waals surface area contributed by atoms with Crippen LogP contribution in [-0.2, 0) is 0 Å². The number of unbranched alkanes of at least 4 members (excludes halogenated alkanes) is 12. The second kappa shape index (κ2) is 35.8. The molecule has 0 aromatic carbocycles. The molecule has 0 fully saturated rings. The normalized spacial score (nSPS) is 9.84. The number of hydrogen-bond donors (Lipinski definition) is 0. The quantitative estimate of drug-likeness (QED) is 0.158. The van der Waals surface area contributed by atoms with E-state index in [1.807, 2.05) is 0 Å². The summed E-state index contributed by atoms with van der Waals surface area (Å²) in [5, 5.41) is 0. The summed E-state index contributed by atoms with van der Waals surface area (Å²) in [6, 6.07) is 0. The fourth-order valence-corrected chi connectivity index (χ4v) is 6.59. The van der Waals surface area contributed by atoms with Crippen LogP contribution in [0.3, 0.4) is 0 Å². The van der Waals surface area contributed by atoms with E-state index in [2.05, 4.69) is 41.5 Å². The van der Waals surface area contributed by atoms with Crippen LogP contribution in [0.15, 0.2) is 0 Å². The fraction of sp³-hybridized carbons (Fsp3) is 1.00. The van der Waals surface area contributed by atoms with Crippen LogP contribution in [0.1, 0.15) is 144 Å². The van der Waals surface area contributed by atoms with Gasteiger partial charge < -0.3 is 0 Å². The van der Waals surface area contributed by atoms with Gasteiger partial charge in [0.1, 0.15) is 0 Å². The Labute approximate surface area is 173 Å². The van der Waals surface area contributed by atoms with Crippen LogP contribution in [0, 0.1) is 0 Å². The summed E-state index contributed by atoms with van der Waals surface area (Å²) < 4.78 is 3.25. The minimum atomic E-state index is 0.149. The Kier molecular flexibility index (Phi) is 43.7. The Bertz CT molecular complexity index is 137. The van der Waals surface area contributed by atoms with E-state index >= 15 is 0 Å². The van der Waals surface area contributed by atoms with Gasteiger partial charge in [-0.15, -0.1) is 0 Å². The van der Waals surface area contributed by atoms with E-state index in [1.54, 1.807) is 8.87 Å². The van der Waals surface area contributed by atoms with Gasteiger partial charge in [0.25, 0.3) is 0 Å². The molecule has 0 N–H and O–H groups in total. The van der Waals surface area contributed by atoms with Crippen LogP contribution in [0.4, 0.5) is 0 Å². The molecule has 0 unspecified atom stereocenters. The third-order valence-electron chi connectivity index (χ3n) is 4.33. The van der Waals surface area contributed by atoms with Crippen molar-refractivity contribution in [2.45, 2.75) is 153 Å². The van der Waals surface area contributed by atoms with Gasteiger partial charge in [0.15, 0.2) is 0 Å². The van der Waals surface area contributed by atoms with Gasteiger partial charge in [-0.25, -0.2) is 0 Å². The zero-order chi connectivity index (χ0) is 19.4.